The van der Waals surface area contributed by atoms with E-state index in [0.717, 1.165) is 34.3 Å². The zero-order valence-corrected chi connectivity index (χ0v) is 16.7. The van der Waals surface area contributed by atoms with Crippen LogP contribution in [0.3, 0.4) is 0 Å². The Kier molecular flexibility index (Phi) is 5.52. The van der Waals surface area contributed by atoms with Crippen molar-refractivity contribution in [2.24, 2.45) is 0 Å². The van der Waals surface area contributed by atoms with Crippen LogP contribution in [-0.2, 0) is 19.0 Å². The Labute approximate surface area is 166 Å². The third-order valence-corrected chi connectivity index (χ3v) is 5.50. The number of alkyl halides is 1. The van der Waals surface area contributed by atoms with E-state index >= 15 is 0 Å². The van der Waals surface area contributed by atoms with Crippen LogP contribution in [0.2, 0.25) is 0 Å². The fourth-order valence-corrected chi connectivity index (χ4v) is 4.19. The quantitative estimate of drug-likeness (QED) is 0.416. The van der Waals surface area contributed by atoms with E-state index in [-0.39, 0.29) is 12.4 Å². The number of hydrogen-bond acceptors (Lipinski definition) is 3. The second-order valence-corrected chi connectivity index (χ2v) is 7.60. The Hall–Kier alpha value is -2.54. The number of rotatable bonds is 8. The van der Waals surface area contributed by atoms with Crippen LogP contribution in [0.5, 0.6) is 0 Å². The monoisotopic (exact) mass is 398 g/mol. The van der Waals surface area contributed by atoms with E-state index < -0.39 is 0 Å². The molecular formula is C21H23FN4OS. The topological polar surface area (TPSA) is 44.8 Å². The summed E-state index contributed by atoms with van der Waals surface area (Å²) in [6, 6.07) is 15.8. The van der Waals surface area contributed by atoms with Crippen molar-refractivity contribution in [3.8, 4) is 0 Å². The summed E-state index contributed by atoms with van der Waals surface area (Å²) in [6.07, 6.45) is 3.26. The van der Waals surface area contributed by atoms with Gasteiger partial charge in [-0.2, -0.15) is 0 Å². The van der Waals surface area contributed by atoms with Crippen molar-refractivity contribution in [3.63, 3.8) is 0 Å². The molecule has 4 aromatic rings. The molecule has 0 radical (unpaired) electrons. The minimum absolute atomic E-state index is 0.0297. The van der Waals surface area contributed by atoms with E-state index in [2.05, 4.69) is 4.57 Å². The van der Waals surface area contributed by atoms with Crippen LogP contribution >= 0.6 is 11.8 Å². The standard InChI is InChI=1S/C21H23FN4OS/c1-28-15-26-19-11-5-4-10-18(19)25(21(26)27)14-20-23-16-8-2-3-9-17(16)24(20)13-7-6-12-22/h2-5,8-11H,6-7,12-15H2,1H3. The summed E-state index contributed by atoms with van der Waals surface area (Å²) in [7, 11) is 0. The summed E-state index contributed by atoms with van der Waals surface area (Å²) in [4.78, 5) is 17.9. The van der Waals surface area contributed by atoms with E-state index in [9.17, 15) is 9.18 Å². The van der Waals surface area contributed by atoms with Crippen LogP contribution in [-0.4, -0.2) is 31.6 Å². The van der Waals surface area contributed by atoms with Crippen molar-refractivity contribution in [3.05, 3.63) is 64.8 Å². The highest BCUT2D eigenvalue weighted by Gasteiger charge is 2.16. The van der Waals surface area contributed by atoms with Gasteiger partial charge >= 0.3 is 5.69 Å². The van der Waals surface area contributed by atoms with E-state index in [0.29, 0.717) is 25.4 Å². The number of thioether (sulfide) groups is 1. The van der Waals surface area contributed by atoms with Gasteiger partial charge in [-0.1, -0.05) is 24.3 Å². The molecule has 0 aliphatic carbocycles. The Morgan fingerprint density at radius 1 is 0.929 bits per heavy atom. The van der Waals surface area contributed by atoms with Crippen LogP contribution in [0, 0.1) is 0 Å². The molecule has 0 atom stereocenters. The number of aromatic nitrogens is 4. The molecule has 146 valence electrons. The third kappa shape index (κ3) is 3.35. The van der Waals surface area contributed by atoms with E-state index in [1.807, 2.05) is 54.8 Å². The number of aryl methyl sites for hydroxylation is 1. The van der Waals surface area contributed by atoms with E-state index in [4.69, 9.17) is 4.98 Å². The fourth-order valence-electron chi connectivity index (χ4n) is 3.68. The third-order valence-electron chi connectivity index (χ3n) is 4.98. The first-order chi connectivity index (χ1) is 13.7. The maximum Gasteiger partial charge on any atom is 0.330 e. The van der Waals surface area contributed by atoms with Crippen LogP contribution in [0.4, 0.5) is 4.39 Å². The average molecular weight is 399 g/mol. The fraction of sp³-hybridized carbons (Fsp3) is 0.333. The molecule has 0 aliphatic rings. The highest BCUT2D eigenvalue weighted by atomic mass is 32.2. The molecule has 28 heavy (non-hydrogen) atoms. The van der Waals surface area contributed by atoms with Crippen molar-refractivity contribution in [2.75, 3.05) is 12.9 Å². The minimum Gasteiger partial charge on any atom is -0.326 e. The Balaban J connectivity index is 1.81. The van der Waals surface area contributed by atoms with E-state index in [1.165, 1.54) is 0 Å². The van der Waals surface area contributed by atoms with Gasteiger partial charge in [-0.15, -0.1) is 11.8 Å². The lowest BCUT2D eigenvalue weighted by atomic mass is 10.3. The highest BCUT2D eigenvalue weighted by Crippen LogP contribution is 2.20. The summed E-state index contributed by atoms with van der Waals surface area (Å²) in [5.74, 6) is 1.44. The van der Waals surface area contributed by atoms with Gasteiger partial charge in [-0.25, -0.2) is 9.78 Å². The predicted octanol–water partition coefficient (Wildman–Crippen LogP) is 4.27. The molecule has 4 rings (SSSR count). The van der Waals surface area contributed by atoms with Crippen molar-refractivity contribution in [1.82, 2.24) is 18.7 Å². The molecule has 0 saturated carbocycles. The second kappa shape index (κ2) is 8.22. The molecule has 0 N–H and O–H groups in total. The van der Waals surface area contributed by atoms with Gasteiger partial charge in [0.25, 0.3) is 0 Å². The van der Waals surface area contributed by atoms with Gasteiger partial charge in [0.1, 0.15) is 5.82 Å². The van der Waals surface area contributed by atoms with Gasteiger partial charge in [0.05, 0.1) is 41.2 Å². The molecule has 0 amide bonds. The van der Waals surface area contributed by atoms with Crippen LogP contribution < -0.4 is 5.69 Å². The average Bonchev–Trinajstić information content (AvgIpc) is 3.19. The largest absolute Gasteiger partial charge is 0.330 e. The molecule has 2 aromatic carbocycles. The van der Waals surface area contributed by atoms with Crippen molar-refractivity contribution in [2.45, 2.75) is 31.8 Å². The Bertz CT molecular complexity index is 1160. The lowest BCUT2D eigenvalue weighted by Crippen LogP contribution is -2.25. The molecule has 0 unspecified atom stereocenters. The second-order valence-electron chi connectivity index (χ2n) is 6.77. The molecule has 0 saturated heterocycles. The van der Waals surface area contributed by atoms with Crippen molar-refractivity contribution < 1.29 is 4.39 Å². The smallest absolute Gasteiger partial charge is 0.326 e. The number of nitrogens with zero attached hydrogens (tertiary/aromatic N) is 4. The molecule has 5 nitrogen and oxygen atoms in total. The number of imidazole rings is 2. The van der Waals surface area contributed by atoms with E-state index in [1.54, 1.807) is 20.9 Å². The van der Waals surface area contributed by atoms with Crippen molar-refractivity contribution in [1.29, 1.82) is 0 Å². The number of para-hydroxylation sites is 4. The van der Waals surface area contributed by atoms with Crippen molar-refractivity contribution >= 4 is 33.8 Å². The van der Waals surface area contributed by atoms with Gasteiger partial charge in [0.15, 0.2) is 0 Å². The first kappa shape index (κ1) is 18.8. The number of unbranched alkanes of at least 4 members (excludes halogenated alkanes) is 1. The molecular weight excluding hydrogens is 375 g/mol. The van der Waals surface area contributed by atoms with Crippen LogP contribution in [0.25, 0.3) is 22.1 Å². The number of benzene rings is 2. The van der Waals surface area contributed by atoms with Gasteiger partial charge < -0.3 is 4.57 Å². The number of hydrogen-bond donors (Lipinski definition) is 0. The zero-order valence-electron chi connectivity index (χ0n) is 15.8. The number of halogens is 1. The zero-order chi connectivity index (χ0) is 19.5. The number of fused-ring (bicyclic) bond motifs is 2. The molecule has 0 aliphatic heterocycles. The Morgan fingerprint density at radius 2 is 1.61 bits per heavy atom. The molecule has 0 spiro atoms. The van der Waals surface area contributed by atoms with Crippen LogP contribution in [0.15, 0.2) is 53.3 Å². The van der Waals surface area contributed by atoms with Gasteiger partial charge in [-0.3, -0.25) is 13.5 Å². The summed E-state index contributed by atoms with van der Waals surface area (Å²) in [5, 5.41) is 0. The summed E-state index contributed by atoms with van der Waals surface area (Å²) in [6.45, 7) is 0.770. The summed E-state index contributed by atoms with van der Waals surface area (Å²) >= 11 is 1.62. The molecule has 2 heterocycles. The van der Waals surface area contributed by atoms with Gasteiger partial charge in [-0.05, 0) is 43.4 Å². The lowest BCUT2D eigenvalue weighted by molar-refractivity contribution is 0.446. The maximum absolute atomic E-state index is 13.1. The first-order valence-electron chi connectivity index (χ1n) is 9.41. The van der Waals surface area contributed by atoms with Gasteiger partial charge in [0.2, 0.25) is 0 Å². The summed E-state index contributed by atoms with van der Waals surface area (Å²) < 4.78 is 18.3. The van der Waals surface area contributed by atoms with Gasteiger partial charge in [0, 0.05) is 6.54 Å². The highest BCUT2D eigenvalue weighted by molar-refractivity contribution is 7.97. The molecule has 0 bridgehead atoms. The minimum atomic E-state index is -0.316. The lowest BCUT2D eigenvalue weighted by Gasteiger charge is -2.09. The maximum atomic E-state index is 13.1. The first-order valence-corrected chi connectivity index (χ1v) is 10.8. The Morgan fingerprint density at radius 3 is 2.32 bits per heavy atom. The SMILES string of the molecule is CSCn1c(=O)n(Cc2nc3ccccc3n2CCCCF)c2ccccc21. The summed E-state index contributed by atoms with van der Waals surface area (Å²) in [5.41, 5.74) is 3.74. The van der Waals surface area contributed by atoms with Crippen LogP contribution in [0.1, 0.15) is 18.7 Å². The normalized spacial score (nSPS) is 11.6. The molecule has 0 fully saturated rings. The molecule has 2 aromatic heterocycles. The predicted molar refractivity (Wildman–Crippen MR) is 114 cm³/mol. The molecule has 7 heteroatoms.